The van der Waals surface area contributed by atoms with Crippen LogP contribution >= 0.6 is 0 Å². The highest BCUT2D eigenvalue weighted by Crippen LogP contribution is 2.20. The van der Waals surface area contributed by atoms with E-state index in [-0.39, 0.29) is 18.6 Å². The maximum atomic E-state index is 12.6. The number of ketones is 2. The second-order valence-electron chi connectivity index (χ2n) is 6.57. The molecule has 5 heteroatoms. The van der Waals surface area contributed by atoms with Gasteiger partial charge in [-0.3, -0.25) is 9.59 Å². The molecule has 4 nitrogen and oxygen atoms in total. The average Bonchev–Trinajstić information content (AvgIpc) is 2.67. The van der Waals surface area contributed by atoms with Gasteiger partial charge in [-0.25, -0.2) is 8.42 Å². The van der Waals surface area contributed by atoms with E-state index in [9.17, 15) is 18.0 Å². The number of benzene rings is 3. The van der Waals surface area contributed by atoms with Crippen LogP contribution in [0.4, 0.5) is 0 Å². The number of fused-ring (bicyclic) bond motifs is 1. The molecule has 1 atom stereocenters. The molecule has 0 aliphatic heterocycles. The molecule has 0 N–H and O–H groups in total. The second-order valence-corrected chi connectivity index (χ2v) is 8.80. The number of carbonyl (C=O) groups excluding carboxylic acids is 2. The van der Waals surface area contributed by atoms with Crippen molar-refractivity contribution >= 4 is 32.2 Å². The third-order valence-electron chi connectivity index (χ3n) is 4.57. The van der Waals surface area contributed by atoms with Gasteiger partial charge < -0.3 is 0 Å². The van der Waals surface area contributed by atoms with Crippen LogP contribution in [0.3, 0.4) is 0 Å². The molecule has 0 radical (unpaired) electrons. The van der Waals surface area contributed by atoms with Gasteiger partial charge in [0, 0.05) is 23.8 Å². The first kappa shape index (κ1) is 19.0. The first-order valence-electron chi connectivity index (χ1n) is 8.66. The van der Waals surface area contributed by atoms with E-state index in [1.54, 1.807) is 42.5 Å². The maximum absolute atomic E-state index is 12.6. The van der Waals surface area contributed by atoms with Crippen molar-refractivity contribution in [1.82, 2.24) is 0 Å². The summed E-state index contributed by atoms with van der Waals surface area (Å²) in [5.41, 5.74) is 0.860. The van der Waals surface area contributed by atoms with Crippen LogP contribution in [-0.2, 0) is 9.84 Å². The lowest BCUT2D eigenvalue weighted by Gasteiger charge is -2.14. The van der Waals surface area contributed by atoms with Crippen molar-refractivity contribution in [3.8, 4) is 0 Å². The van der Waals surface area contributed by atoms with Crippen molar-refractivity contribution in [2.45, 2.75) is 18.1 Å². The summed E-state index contributed by atoms with van der Waals surface area (Å²) in [5.74, 6) is -0.639. The number of carbonyl (C=O) groups is 2. The summed E-state index contributed by atoms with van der Waals surface area (Å²) in [4.78, 5) is 25.2. The topological polar surface area (TPSA) is 68.3 Å². The van der Waals surface area contributed by atoms with Gasteiger partial charge in [0.25, 0.3) is 0 Å². The van der Waals surface area contributed by atoms with E-state index < -0.39 is 20.9 Å². The van der Waals surface area contributed by atoms with Gasteiger partial charge in [0.15, 0.2) is 21.4 Å². The standard InChI is InChI=1S/C22H20O4S/c1-27(25,26)21(22(24)17-8-3-2-4-9-17)14-13-20(23)19-12-11-16-7-5-6-10-18(16)15-19/h2-12,15,21H,13-14H2,1H3/t21-/m1/s1. The zero-order valence-electron chi connectivity index (χ0n) is 15.0. The fourth-order valence-electron chi connectivity index (χ4n) is 3.10. The van der Waals surface area contributed by atoms with Crippen LogP contribution in [-0.4, -0.2) is 31.5 Å². The first-order chi connectivity index (χ1) is 12.9. The zero-order valence-corrected chi connectivity index (χ0v) is 15.8. The molecule has 3 rings (SSSR count). The van der Waals surface area contributed by atoms with Crippen LogP contribution < -0.4 is 0 Å². The lowest BCUT2D eigenvalue weighted by Crippen LogP contribution is -2.30. The summed E-state index contributed by atoms with van der Waals surface area (Å²) >= 11 is 0. The minimum Gasteiger partial charge on any atom is -0.294 e. The highest BCUT2D eigenvalue weighted by molar-refractivity contribution is 7.92. The predicted molar refractivity (Wildman–Crippen MR) is 107 cm³/mol. The van der Waals surface area contributed by atoms with Gasteiger partial charge in [-0.05, 0) is 23.3 Å². The van der Waals surface area contributed by atoms with Gasteiger partial charge in [0.1, 0.15) is 5.25 Å². The van der Waals surface area contributed by atoms with E-state index in [2.05, 4.69) is 0 Å². The fourth-order valence-corrected chi connectivity index (χ4v) is 4.17. The Labute approximate surface area is 158 Å². The van der Waals surface area contributed by atoms with Gasteiger partial charge in [-0.2, -0.15) is 0 Å². The summed E-state index contributed by atoms with van der Waals surface area (Å²) in [6.45, 7) is 0. The molecule has 138 valence electrons. The minimum absolute atomic E-state index is 0.00531. The zero-order chi connectivity index (χ0) is 19.4. The van der Waals surface area contributed by atoms with Crippen molar-refractivity contribution in [2.75, 3.05) is 6.26 Å². The Morgan fingerprint density at radius 1 is 0.815 bits per heavy atom. The Morgan fingerprint density at radius 3 is 2.11 bits per heavy atom. The van der Waals surface area contributed by atoms with E-state index in [4.69, 9.17) is 0 Å². The van der Waals surface area contributed by atoms with E-state index in [1.165, 1.54) is 0 Å². The van der Waals surface area contributed by atoms with Crippen LogP contribution in [0.25, 0.3) is 10.8 Å². The molecule has 0 aliphatic rings. The van der Waals surface area contributed by atoms with Crippen LogP contribution in [0.2, 0.25) is 0 Å². The molecular formula is C22H20O4S. The summed E-state index contributed by atoms with van der Waals surface area (Å²) < 4.78 is 24.3. The summed E-state index contributed by atoms with van der Waals surface area (Å²) in [6, 6.07) is 21.4. The molecule has 0 saturated carbocycles. The second kappa shape index (κ2) is 7.84. The van der Waals surface area contributed by atoms with Gasteiger partial charge in [0.05, 0.1) is 0 Å². The van der Waals surface area contributed by atoms with Crippen molar-refractivity contribution in [1.29, 1.82) is 0 Å². The van der Waals surface area contributed by atoms with Crippen LogP contribution in [0.15, 0.2) is 72.8 Å². The molecule has 27 heavy (non-hydrogen) atoms. The Morgan fingerprint density at radius 2 is 1.44 bits per heavy atom. The van der Waals surface area contributed by atoms with E-state index in [0.29, 0.717) is 11.1 Å². The summed E-state index contributed by atoms with van der Waals surface area (Å²) in [7, 11) is -3.63. The Balaban J connectivity index is 1.78. The Kier molecular flexibility index (Phi) is 5.51. The van der Waals surface area contributed by atoms with Crippen molar-refractivity contribution < 1.29 is 18.0 Å². The van der Waals surface area contributed by atoms with Crippen molar-refractivity contribution in [3.63, 3.8) is 0 Å². The molecular weight excluding hydrogens is 360 g/mol. The Hall–Kier alpha value is -2.79. The highest BCUT2D eigenvalue weighted by atomic mass is 32.2. The minimum atomic E-state index is -3.63. The number of hydrogen-bond acceptors (Lipinski definition) is 4. The van der Waals surface area contributed by atoms with Crippen LogP contribution in [0, 0.1) is 0 Å². The monoisotopic (exact) mass is 380 g/mol. The van der Waals surface area contributed by atoms with Crippen LogP contribution in [0.1, 0.15) is 33.6 Å². The number of rotatable bonds is 7. The largest absolute Gasteiger partial charge is 0.294 e. The van der Waals surface area contributed by atoms with E-state index in [0.717, 1.165) is 17.0 Å². The number of sulfone groups is 1. The highest BCUT2D eigenvalue weighted by Gasteiger charge is 2.30. The van der Waals surface area contributed by atoms with Gasteiger partial charge in [0.2, 0.25) is 0 Å². The smallest absolute Gasteiger partial charge is 0.180 e. The molecule has 0 aliphatic carbocycles. The van der Waals surface area contributed by atoms with Crippen molar-refractivity contribution in [3.05, 3.63) is 83.9 Å². The first-order valence-corrected chi connectivity index (χ1v) is 10.6. The molecule has 0 fully saturated rings. The fraction of sp³-hybridized carbons (Fsp3) is 0.182. The predicted octanol–water partition coefficient (Wildman–Crippen LogP) is 4.10. The van der Waals surface area contributed by atoms with E-state index >= 15 is 0 Å². The third-order valence-corrected chi connectivity index (χ3v) is 6.06. The molecule has 0 amide bonds. The van der Waals surface area contributed by atoms with E-state index in [1.807, 2.05) is 30.3 Å². The molecule has 0 aromatic heterocycles. The lowest BCUT2D eigenvalue weighted by molar-refractivity contribution is 0.0960. The van der Waals surface area contributed by atoms with Crippen LogP contribution in [0.5, 0.6) is 0 Å². The van der Waals surface area contributed by atoms with Gasteiger partial charge in [-0.1, -0.05) is 66.7 Å². The summed E-state index contributed by atoms with van der Waals surface area (Å²) in [5, 5.41) is 0.759. The lowest BCUT2D eigenvalue weighted by atomic mass is 9.99. The number of Topliss-reactive ketones (excluding diaryl/α,β-unsaturated/α-hetero) is 2. The third kappa shape index (κ3) is 4.49. The van der Waals surface area contributed by atoms with Gasteiger partial charge in [-0.15, -0.1) is 0 Å². The molecule has 3 aromatic carbocycles. The molecule has 0 unspecified atom stereocenters. The van der Waals surface area contributed by atoms with Crippen molar-refractivity contribution in [2.24, 2.45) is 0 Å². The SMILES string of the molecule is CS(=O)(=O)[C@H](CCC(=O)c1ccc2ccccc2c1)C(=O)c1ccccc1. The molecule has 0 bridgehead atoms. The maximum Gasteiger partial charge on any atom is 0.180 e. The molecule has 0 spiro atoms. The average molecular weight is 380 g/mol. The summed E-state index contributed by atoms with van der Waals surface area (Å²) in [6.07, 6.45) is 1.01. The molecule has 0 saturated heterocycles. The molecule has 0 heterocycles. The number of hydrogen-bond donors (Lipinski definition) is 0. The van der Waals surface area contributed by atoms with Gasteiger partial charge >= 0.3 is 0 Å². The quantitative estimate of drug-likeness (QED) is 0.579. The molecule has 3 aromatic rings. The Bertz CT molecular complexity index is 1090. The normalized spacial score (nSPS) is 12.6.